The molecule has 0 amide bonds. The average molecular weight is 297 g/mol. The van der Waals surface area contributed by atoms with Crippen LogP contribution in [0.15, 0.2) is 22.7 Å². The van der Waals surface area contributed by atoms with Gasteiger partial charge in [-0.1, -0.05) is 28.1 Å². The number of benzene rings is 1. The molecule has 1 aromatic rings. The van der Waals surface area contributed by atoms with Gasteiger partial charge >= 0.3 is 0 Å². The lowest BCUT2D eigenvalue weighted by Gasteiger charge is -2.25. The van der Waals surface area contributed by atoms with Crippen molar-refractivity contribution in [3.63, 3.8) is 0 Å². The zero-order chi connectivity index (χ0) is 12.3. The van der Waals surface area contributed by atoms with Crippen LogP contribution in [0.25, 0.3) is 0 Å². The average Bonchev–Trinajstić information content (AvgIpc) is 2.74. The van der Waals surface area contributed by atoms with Gasteiger partial charge in [0.2, 0.25) is 0 Å². The fourth-order valence-electron chi connectivity index (χ4n) is 2.71. The van der Waals surface area contributed by atoms with Crippen molar-refractivity contribution >= 4 is 15.9 Å². The minimum absolute atomic E-state index is 0.611. The van der Waals surface area contributed by atoms with E-state index in [9.17, 15) is 0 Å². The van der Waals surface area contributed by atoms with Gasteiger partial charge in [-0.2, -0.15) is 0 Å². The van der Waals surface area contributed by atoms with Gasteiger partial charge in [0.25, 0.3) is 0 Å². The van der Waals surface area contributed by atoms with Gasteiger partial charge in [-0.15, -0.1) is 0 Å². The Balaban J connectivity index is 2.03. The van der Waals surface area contributed by atoms with Crippen LogP contribution in [0.3, 0.4) is 0 Å². The molecule has 2 nitrogen and oxygen atoms in total. The maximum atomic E-state index is 3.66. The minimum Gasteiger partial charge on any atom is -0.320 e. The molecule has 1 aliphatic carbocycles. The normalized spacial score (nSPS) is 18.7. The smallest absolute Gasteiger partial charge is 0.0351 e. The zero-order valence-electron chi connectivity index (χ0n) is 10.7. The molecule has 0 bridgehead atoms. The summed E-state index contributed by atoms with van der Waals surface area (Å²) in [7, 11) is 4.26. The van der Waals surface area contributed by atoms with Crippen LogP contribution in [-0.2, 0) is 6.42 Å². The summed E-state index contributed by atoms with van der Waals surface area (Å²) in [4.78, 5) is 2.50. The Morgan fingerprint density at radius 2 is 2.29 bits per heavy atom. The summed E-state index contributed by atoms with van der Waals surface area (Å²) < 4.78 is 1.28. The van der Waals surface area contributed by atoms with Crippen LogP contribution in [0.1, 0.15) is 30.0 Å². The van der Waals surface area contributed by atoms with Gasteiger partial charge in [-0.3, -0.25) is 4.90 Å². The zero-order valence-corrected chi connectivity index (χ0v) is 12.3. The van der Waals surface area contributed by atoms with E-state index in [0.717, 1.165) is 13.1 Å². The molecule has 0 saturated heterocycles. The highest BCUT2D eigenvalue weighted by atomic mass is 79.9. The Hall–Kier alpha value is -0.380. The summed E-state index contributed by atoms with van der Waals surface area (Å²) in [6, 6.07) is 7.20. The van der Waals surface area contributed by atoms with E-state index in [4.69, 9.17) is 0 Å². The van der Waals surface area contributed by atoms with Crippen molar-refractivity contribution in [3.05, 3.63) is 33.8 Å². The van der Waals surface area contributed by atoms with Gasteiger partial charge in [0.15, 0.2) is 0 Å². The third-order valence-electron chi connectivity index (χ3n) is 3.65. The first kappa shape index (κ1) is 13.1. The number of rotatable bonds is 5. The Labute approximate surface area is 113 Å². The van der Waals surface area contributed by atoms with Gasteiger partial charge in [0.05, 0.1) is 0 Å². The molecule has 2 rings (SSSR count). The van der Waals surface area contributed by atoms with E-state index >= 15 is 0 Å². The molecule has 1 aliphatic rings. The van der Waals surface area contributed by atoms with E-state index in [1.165, 1.54) is 34.9 Å². The molecule has 0 aromatic heterocycles. The van der Waals surface area contributed by atoms with Crippen LogP contribution in [0, 0.1) is 0 Å². The van der Waals surface area contributed by atoms with E-state index in [0.29, 0.717) is 6.04 Å². The van der Waals surface area contributed by atoms with Crippen LogP contribution >= 0.6 is 15.9 Å². The summed E-state index contributed by atoms with van der Waals surface area (Å²) in [5.74, 6) is 0. The third-order valence-corrected chi connectivity index (χ3v) is 4.39. The van der Waals surface area contributed by atoms with E-state index in [1.807, 2.05) is 7.05 Å². The van der Waals surface area contributed by atoms with Crippen molar-refractivity contribution < 1.29 is 0 Å². The van der Waals surface area contributed by atoms with Crippen molar-refractivity contribution in [2.45, 2.75) is 25.3 Å². The lowest BCUT2D eigenvalue weighted by atomic mass is 10.1. The first-order valence-electron chi connectivity index (χ1n) is 6.36. The maximum absolute atomic E-state index is 3.66. The highest BCUT2D eigenvalue weighted by Gasteiger charge is 2.26. The summed E-state index contributed by atoms with van der Waals surface area (Å²) in [6.45, 7) is 2.26. The van der Waals surface area contributed by atoms with Crippen LogP contribution in [-0.4, -0.2) is 32.1 Å². The standard InChI is InChI=1S/C14H21BrN2/c1-16-9-4-10-17(2)14-8-7-11-12(14)5-3-6-13(11)15/h3,5-6,14,16H,4,7-10H2,1-2H3. The molecule has 0 radical (unpaired) electrons. The van der Waals surface area contributed by atoms with Gasteiger partial charge in [0.1, 0.15) is 0 Å². The summed E-state index contributed by atoms with van der Waals surface area (Å²) in [6.07, 6.45) is 3.68. The Morgan fingerprint density at radius 3 is 3.06 bits per heavy atom. The monoisotopic (exact) mass is 296 g/mol. The van der Waals surface area contributed by atoms with Gasteiger partial charge in [-0.25, -0.2) is 0 Å². The Kier molecular flexibility index (Phi) is 4.60. The maximum Gasteiger partial charge on any atom is 0.0351 e. The van der Waals surface area contributed by atoms with Crippen LogP contribution in [0.2, 0.25) is 0 Å². The molecule has 1 unspecified atom stereocenters. The molecule has 1 aromatic carbocycles. The highest BCUT2D eigenvalue weighted by molar-refractivity contribution is 9.10. The van der Waals surface area contributed by atoms with Crippen molar-refractivity contribution in [1.82, 2.24) is 10.2 Å². The van der Waals surface area contributed by atoms with E-state index < -0.39 is 0 Å². The predicted octanol–water partition coefficient (Wildman–Crippen LogP) is 2.98. The topological polar surface area (TPSA) is 15.3 Å². The summed E-state index contributed by atoms with van der Waals surface area (Å²) in [5, 5.41) is 3.21. The second kappa shape index (κ2) is 5.98. The quantitative estimate of drug-likeness (QED) is 0.841. The van der Waals surface area contributed by atoms with E-state index in [1.54, 1.807) is 0 Å². The SMILES string of the molecule is CNCCCN(C)C1CCc2c(Br)cccc21. The molecule has 0 spiro atoms. The van der Waals surface area contributed by atoms with Gasteiger partial charge < -0.3 is 5.32 Å². The van der Waals surface area contributed by atoms with Crippen LogP contribution in [0.4, 0.5) is 0 Å². The van der Waals surface area contributed by atoms with E-state index in [2.05, 4.69) is 51.4 Å². The number of halogens is 1. The van der Waals surface area contributed by atoms with Crippen molar-refractivity contribution in [2.24, 2.45) is 0 Å². The predicted molar refractivity (Wildman–Crippen MR) is 76.4 cm³/mol. The summed E-state index contributed by atoms with van der Waals surface area (Å²) in [5.41, 5.74) is 3.03. The molecule has 1 atom stereocenters. The fraction of sp³-hybridized carbons (Fsp3) is 0.571. The molecular formula is C14H21BrN2. The van der Waals surface area contributed by atoms with Crippen molar-refractivity contribution in [3.8, 4) is 0 Å². The molecule has 3 heteroatoms. The lowest BCUT2D eigenvalue weighted by Crippen LogP contribution is -2.26. The molecule has 17 heavy (non-hydrogen) atoms. The Bertz CT molecular complexity index is 378. The number of fused-ring (bicyclic) bond motifs is 1. The summed E-state index contributed by atoms with van der Waals surface area (Å²) >= 11 is 3.66. The van der Waals surface area contributed by atoms with Crippen molar-refractivity contribution in [1.29, 1.82) is 0 Å². The largest absolute Gasteiger partial charge is 0.320 e. The first-order valence-corrected chi connectivity index (χ1v) is 7.15. The Morgan fingerprint density at radius 1 is 1.47 bits per heavy atom. The molecule has 94 valence electrons. The molecule has 1 N–H and O–H groups in total. The fourth-order valence-corrected chi connectivity index (χ4v) is 3.29. The molecule has 0 aliphatic heterocycles. The first-order chi connectivity index (χ1) is 8.24. The number of nitrogens with one attached hydrogen (secondary N) is 1. The third kappa shape index (κ3) is 2.90. The second-order valence-electron chi connectivity index (χ2n) is 4.80. The molecular weight excluding hydrogens is 276 g/mol. The molecule has 0 saturated carbocycles. The number of nitrogens with zero attached hydrogens (tertiary/aromatic N) is 1. The molecule has 0 fully saturated rings. The van der Waals surface area contributed by atoms with Crippen molar-refractivity contribution in [2.75, 3.05) is 27.2 Å². The lowest BCUT2D eigenvalue weighted by molar-refractivity contribution is 0.241. The van der Waals surface area contributed by atoms with Crippen LogP contribution in [0.5, 0.6) is 0 Å². The highest BCUT2D eigenvalue weighted by Crippen LogP contribution is 2.38. The second-order valence-corrected chi connectivity index (χ2v) is 5.65. The van der Waals surface area contributed by atoms with Gasteiger partial charge in [0, 0.05) is 10.5 Å². The number of hydrogen-bond donors (Lipinski definition) is 1. The number of hydrogen-bond acceptors (Lipinski definition) is 2. The van der Waals surface area contributed by atoms with Crippen LogP contribution < -0.4 is 5.32 Å². The van der Waals surface area contributed by atoms with E-state index in [-0.39, 0.29) is 0 Å². The van der Waals surface area contributed by atoms with Gasteiger partial charge in [-0.05, 0) is 63.6 Å². The minimum atomic E-state index is 0.611. The molecule has 0 heterocycles.